The fourth-order valence-electron chi connectivity index (χ4n) is 4.30. The van der Waals surface area contributed by atoms with Crippen LogP contribution >= 0.6 is 0 Å². The monoisotopic (exact) mass is 424 g/mol. The standard InChI is InChI=1S/C27H56N2O/c1-2-3-4-5-6-7-8-9-10-11-12-13-14-15-16-17-18-19-20-21-22-23-24-25-26-29-27(28)30/h2-26H2,1H3,(H3,28,29,30). The van der Waals surface area contributed by atoms with Crippen molar-refractivity contribution >= 4 is 6.03 Å². The zero-order chi connectivity index (χ0) is 22.0. The van der Waals surface area contributed by atoms with Gasteiger partial charge in [-0.05, 0) is 6.42 Å². The molecule has 180 valence electrons. The first-order valence-corrected chi connectivity index (χ1v) is 13.8. The summed E-state index contributed by atoms with van der Waals surface area (Å²) in [5, 5.41) is 2.65. The summed E-state index contributed by atoms with van der Waals surface area (Å²) >= 11 is 0. The van der Waals surface area contributed by atoms with E-state index in [2.05, 4.69) is 12.2 Å². The largest absolute Gasteiger partial charge is 0.352 e. The van der Waals surface area contributed by atoms with E-state index < -0.39 is 6.03 Å². The van der Waals surface area contributed by atoms with E-state index in [0.717, 1.165) is 13.0 Å². The first-order chi connectivity index (χ1) is 14.8. The first-order valence-electron chi connectivity index (χ1n) is 13.8. The molecule has 0 fully saturated rings. The predicted octanol–water partition coefficient (Wildman–Crippen LogP) is 9.04. The molecule has 0 radical (unpaired) electrons. The zero-order valence-electron chi connectivity index (χ0n) is 20.7. The average molecular weight is 425 g/mol. The van der Waals surface area contributed by atoms with Crippen molar-refractivity contribution in [3.8, 4) is 0 Å². The van der Waals surface area contributed by atoms with Crippen molar-refractivity contribution in [2.24, 2.45) is 5.73 Å². The number of carbonyl (C=O) groups is 1. The maximum atomic E-state index is 10.5. The third-order valence-corrected chi connectivity index (χ3v) is 6.33. The van der Waals surface area contributed by atoms with Crippen molar-refractivity contribution in [1.29, 1.82) is 0 Å². The Bertz CT molecular complexity index is 333. The minimum Gasteiger partial charge on any atom is -0.352 e. The van der Waals surface area contributed by atoms with Gasteiger partial charge >= 0.3 is 6.03 Å². The molecule has 0 aliphatic rings. The Morgan fingerprint density at radius 1 is 0.467 bits per heavy atom. The van der Waals surface area contributed by atoms with Gasteiger partial charge in [0, 0.05) is 6.54 Å². The van der Waals surface area contributed by atoms with Gasteiger partial charge in [-0.25, -0.2) is 4.79 Å². The molecule has 0 aromatic carbocycles. The lowest BCUT2D eigenvalue weighted by atomic mass is 10.0. The Morgan fingerprint density at radius 3 is 0.933 bits per heavy atom. The molecule has 0 aliphatic heterocycles. The Kier molecular flexibility index (Phi) is 25.7. The number of rotatable bonds is 25. The van der Waals surface area contributed by atoms with E-state index in [1.807, 2.05) is 0 Å². The van der Waals surface area contributed by atoms with Crippen LogP contribution in [0.4, 0.5) is 4.79 Å². The third kappa shape index (κ3) is 27.3. The van der Waals surface area contributed by atoms with Crippen molar-refractivity contribution in [3.63, 3.8) is 0 Å². The number of nitrogens with one attached hydrogen (secondary N) is 1. The lowest BCUT2D eigenvalue weighted by Crippen LogP contribution is -2.29. The quantitative estimate of drug-likeness (QED) is 0.141. The number of amides is 2. The fraction of sp³-hybridized carbons (Fsp3) is 0.963. The highest BCUT2D eigenvalue weighted by Gasteiger charge is 1.96. The molecular formula is C27H56N2O. The molecule has 30 heavy (non-hydrogen) atoms. The smallest absolute Gasteiger partial charge is 0.312 e. The minimum absolute atomic E-state index is 0.399. The van der Waals surface area contributed by atoms with Crippen molar-refractivity contribution in [3.05, 3.63) is 0 Å². The molecule has 2 amide bonds. The molecule has 0 atom stereocenters. The molecule has 0 unspecified atom stereocenters. The molecule has 0 aliphatic carbocycles. The zero-order valence-corrected chi connectivity index (χ0v) is 20.7. The average Bonchev–Trinajstić information content (AvgIpc) is 2.73. The SMILES string of the molecule is CCCCCCCCCCCCCCCCCCCCCCCCCCNC(N)=O. The van der Waals surface area contributed by atoms with Gasteiger partial charge in [0.1, 0.15) is 0 Å². The van der Waals surface area contributed by atoms with E-state index in [1.54, 1.807) is 0 Å². The summed E-state index contributed by atoms with van der Waals surface area (Å²) in [7, 11) is 0. The summed E-state index contributed by atoms with van der Waals surface area (Å²) < 4.78 is 0. The van der Waals surface area contributed by atoms with Crippen LogP contribution in [0.25, 0.3) is 0 Å². The van der Waals surface area contributed by atoms with E-state index in [9.17, 15) is 4.79 Å². The summed E-state index contributed by atoms with van der Waals surface area (Å²) in [6, 6.07) is -0.399. The van der Waals surface area contributed by atoms with Crippen LogP contribution in [0.2, 0.25) is 0 Å². The third-order valence-electron chi connectivity index (χ3n) is 6.33. The maximum absolute atomic E-state index is 10.5. The summed E-state index contributed by atoms with van der Waals surface area (Å²) in [6.45, 7) is 3.03. The van der Waals surface area contributed by atoms with E-state index in [4.69, 9.17) is 5.73 Å². The number of carbonyl (C=O) groups excluding carboxylic acids is 1. The molecule has 0 aromatic heterocycles. The molecule has 0 aromatic rings. The van der Waals surface area contributed by atoms with Gasteiger partial charge in [-0.15, -0.1) is 0 Å². The van der Waals surface area contributed by atoms with Crippen LogP contribution in [0.15, 0.2) is 0 Å². The summed E-state index contributed by atoms with van der Waals surface area (Å²) in [5.74, 6) is 0. The predicted molar refractivity (Wildman–Crippen MR) is 134 cm³/mol. The van der Waals surface area contributed by atoms with E-state index in [1.165, 1.54) is 148 Å². The molecule has 0 rings (SSSR count). The number of hydrogen-bond donors (Lipinski definition) is 2. The van der Waals surface area contributed by atoms with Crippen molar-refractivity contribution in [2.45, 2.75) is 161 Å². The van der Waals surface area contributed by atoms with Gasteiger partial charge in [0.2, 0.25) is 0 Å². The van der Waals surface area contributed by atoms with E-state index in [-0.39, 0.29) is 0 Å². The number of hydrogen-bond acceptors (Lipinski definition) is 1. The second-order valence-electron chi connectivity index (χ2n) is 9.42. The van der Waals surface area contributed by atoms with Crippen molar-refractivity contribution in [2.75, 3.05) is 6.54 Å². The Balaban J connectivity index is 2.99. The lowest BCUT2D eigenvalue weighted by Gasteiger charge is -2.04. The van der Waals surface area contributed by atoms with Gasteiger partial charge in [-0.2, -0.15) is 0 Å². The van der Waals surface area contributed by atoms with Crippen molar-refractivity contribution in [1.82, 2.24) is 5.32 Å². The number of unbranched alkanes of at least 4 members (excludes halogenated alkanes) is 23. The molecule has 0 saturated carbocycles. The van der Waals surface area contributed by atoms with Crippen LogP contribution < -0.4 is 11.1 Å². The van der Waals surface area contributed by atoms with Crippen LogP contribution in [0.3, 0.4) is 0 Å². The van der Waals surface area contributed by atoms with Gasteiger partial charge in [0.05, 0.1) is 0 Å². The van der Waals surface area contributed by atoms with Crippen LogP contribution in [0.1, 0.15) is 161 Å². The highest BCUT2D eigenvalue weighted by Crippen LogP contribution is 2.15. The van der Waals surface area contributed by atoms with Gasteiger partial charge in [-0.3, -0.25) is 0 Å². The van der Waals surface area contributed by atoms with Crippen LogP contribution in [-0.4, -0.2) is 12.6 Å². The molecule has 0 spiro atoms. The number of nitrogens with two attached hydrogens (primary N) is 1. The Labute approximate surface area is 189 Å². The summed E-state index contributed by atoms with van der Waals surface area (Å²) in [6.07, 6.45) is 33.8. The Hall–Kier alpha value is -0.730. The molecule has 3 nitrogen and oxygen atoms in total. The van der Waals surface area contributed by atoms with Crippen molar-refractivity contribution < 1.29 is 4.79 Å². The molecule has 0 saturated heterocycles. The van der Waals surface area contributed by atoms with Gasteiger partial charge < -0.3 is 11.1 Å². The second kappa shape index (κ2) is 26.3. The summed E-state index contributed by atoms with van der Waals surface area (Å²) in [4.78, 5) is 10.5. The van der Waals surface area contributed by atoms with E-state index >= 15 is 0 Å². The molecule has 3 heteroatoms. The topological polar surface area (TPSA) is 55.1 Å². The maximum Gasteiger partial charge on any atom is 0.312 e. The van der Waals surface area contributed by atoms with Crippen LogP contribution in [-0.2, 0) is 0 Å². The highest BCUT2D eigenvalue weighted by molar-refractivity contribution is 5.71. The van der Waals surface area contributed by atoms with E-state index in [0.29, 0.717) is 0 Å². The van der Waals surface area contributed by atoms with Gasteiger partial charge in [-0.1, -0.05) is 155 Å². The fourth-order valence-corrected chi connectivity index (χ4v) is 4.30. The van der Waals surface area contributed by atoms with Crippen LogP contribution in [0, 0.1) is 0 Å². The second-order valence-corrected chi connectivity index (χ2v) is 9.42. The summed E-state index contributed by atoms with van der Waals surface area (Å²) in [5.41, 5.74) is 5.04. The number of primary amides is 1. The molecular weight excluding hydrogens is 368 g/mol. The molecule has 0 heterocycles. The normalized spacial score (nSPS) is 11.1. The lowest BCUT2D eigenvalue weighted by molar-refractivity contribution is 0.248. The van der Waals surface area contributed by atoms with Crippen LogP contribution in [0.5, 0.6) is 0 Å². The first kappa shape index (κ1) is 29.3. The molecule has 3 N–H and O–H groups in total. The highest BCUT2D eigenvalue weighted by atomic mass is 16.2. The van der Waals surface area contributed by atoms with Gasteiger partial charge in [0.15, 0.2) is 0 Å². The number of urea groups is 1. The van der Waals surface area contributed by atoms with Gasteiger partial charge in [0.25, 0.3) is 0 Å². The Morgan fingerprint density at radius 2 is 0.700 bits per heavy atom. The minimum atomic E-state index is -0.399. The molecule has 0 bridgehead atoms.